The zero-order chi connectivity index (χ0) is 82.3. The standard InChI is InChI=1S/2C42H25NO.C36H21NO/c1-2-13-26(14-3-1)27-15-12-16-28(25-27)43-35-23-10-8-21-33(35)39-37-31-19-6-4-17-29(31)30-18-5-7-20-32(30)38(37)40-34-22-9-11-24-36(34)44-42(40)41(39)43;1-2-12-26(13-3-1)27-22-24-28(25-23-27)43-35-20-10-8-18-33(35)39-37-31-16-6-4-14-29(31)30-15-5-7-17-32(30)38(37)40-34-19-9-11-21-36(34)44-42(40)41(39)43;1-2-12-22(13-3-1)37-29-20-10-8-18-27(29)33-31-25-16-6-4-14-23(25)24-15-5-7-17-26(24)32(31)34-28-19-9-11-21-30(28)38-36(34)35(33)37/h2*1-25H;1-21H. The van der Waals surface area contributed by atoms with Crippen molar-refractivity contribution in [2.24, 2.45) is 0 Å². The number of benzene rings is 23. The Morgan fingerprint density at radius 1 is 0.135 bits per heavy atom. The Labute approximate surface area is 720 Å². The fourth-order valence-electron chi connectivity index (χ4n) is 21.8. The van der Waals surface area contributed by atoms with Crippen LogP contribution >= 0.6 is 0 Å². The largest absolute Gasteiger partial charge is 0.454 e. The van der Waals surface area contributed by atoms with Crippen LogP contribution in [-0.2, 0) is 0 Å². The van der Waals surface area contributed by atoms with Crippen molar-refractivity contribution in [3.8, 4) is 39.3 Å². The lowest BCUT2D eigenvalue weighted by molar-refractivity contribution is 0.671. The number of hydrogen-bond acceptors (Lipinski definition) is 3. The fourth-order valence-corrected chi connectivity index (χ4v) is 21.8. The third kappa shape index (κ3) is 10.0. The molecule has 0 saturated carbocycles. The predicted octanol–water partition coefficient (Wildman–Crippen LogP) is 33.8. The van der Waals surface area contributed by atoms with Crippen LogP contribution in [0.2, 0.25) is 0 Å². The van der Waals surface area contributed by atoms with E-state index in [9.17, 15) is 0 Å². The summed E-state index contributed by atoms with van der Waals surface area (Å²) < 4.78 is 27.8. The summed E-state index contributed by atoms with van der Waals surface area (Å²) >= 11 is 0. The Bertz CT molecular complexity index is 9660. The molecule has 0 N–H and O–H groups in total. The average Bonchev–Trinajstić information content (AvgIpc) is 1.52. The molecule has 584 valence electrons. The van der Waals surface area contributed by atoms with Crippen molar-refractivity contribution in [1.29, 1.82) is 0 Å². The van der Waals surface area contributed by atoms with E-state index >= 15 is 0 Å². The Kier molecular flexibility index (Phi) is 15.2. The minimum atomic E-state index is 0.906. The Hall–Kier alpha value is -16.8. The summed E-state index contributed by atoms with van der Waals surface area (Å²) in [6.45, 7) is 0. The second kappa shape index (κ2) is 27.4. The van der Waals surface area contributed by atoms with E-state index in [1.54, 1.807) is 0 Å². The number of nitrogens with zero attached hydrogens (tertiary/aromatic N) is 3. The summed E-state index contributed by atoms with van der Waals surface area (Å²) in [4.78, 5) is 0. The van der Waals surface area contributed by atoms with E-state index in [1.807, 2.05) is 0 Å². The van der Waals surface area contributed by atoms with E-state index in [-0.39, 0.29) is 0 Å². The molecule has 0 unspecified atom stereocenters. The van der Waals surface area contributed by atoms with Gasteiger partial charge in [0.2, 0.25) is 0 Å². The number of para-hydroxylation sites is 7. The van der Waals surface area contributed by atoms with Gasteiger partial charge >= 0.3 is 0 Å². The molecule has 6 heterocycles. The molecule has 0 bridgehead atoms. The summed E-state index contributed by atoms with van der Waals surface area (Å²) in [6.07, 6.45) is 0. The molecule has 29 aromatic rings. The van der Waals surface area contributed by atoms with Crippen LogP contribution in [0.1, 0.15) is 0 Å². The Morgan fingerprint density at radius 2 is 0.357 bits per heavy atom. The van der Waals surface area contributed by atoms with Crippen LogP contribution in [0, 0.1) is 0 Å². The lowest BCUT2D eigenvalue weighted by Crippen LogP contribution is -1.95. The highest BCUT2D eigenvalue weighted by Crippen LogP contribution is 2.55. The highest BCUT2D eigenvalue weighted by molar-refractivity contribution is 6.48. The lowest BCUT2D eigenvalue weighted by atomic mass is 9.89. The molecular formula is C120H71N3O3. The van der Waals surface area contributed by atoms with Crippen LogP contribution in [0.25, 0.3) is 268 Å². The number of fused-ring (bicyclic) bond motifs is 45. The van der Waals surface area contributed by atoms with Crippen molar-refractivity contribution in [1.82, 2.24) is 13.7 Å². The molecule has 0 saturated heterocycles. The molecule has 0 amide bonds. The van der Waals surface area contributed by atoms with Gasteiger partial charge in [-0.1, -0.05) is 358 Å². The van der Waals surface area contributed by atoms with Gasteiger partial charge < -0.3 is 27.0 Å². The highest BCUT2D eigenvalue weighted by atomic mass is 16.3. The molecule has 0 aliphatic carbocycles. The van der Waals surface area contributed by atoms with Gasteiger partial charge in [-0.05, 0) is 160 Å². The fraction of sp³-hybridized carbons (Fsp3) is 0. The van der Waals surface area contributed by atoms with Gasteiger partial charge in [-0.15, -0.1) is 0 Å². The van der Waals surface area contributed by atoms with E-state index in [2.05, 4.69) is 444 Å². The Balaban J connectivity index is 0.0000000986. The molecule has 0 spiro atoms. The lowest BCUT2D eigenvalue weighted by Gasteiger charge is -2.14. The first-order valence-corrected chi connectivity index (χ1v) is 43.3. The first-order valence-electron chi connectivity index (χ1n) is 43.3. The normalized spacial score (nSPS) is 12.1. The Morgan fingerprint density at radius 3 is 0.690 bits per heavy atom. The summed E-state index contributed by atoms with van der Waals surface area (Å²) in [7, 11) is 0. The van der Waals surface area contributed by atoms with Crippen LogP contribution in [0.3, 0.4) is 0 Å². The van der Waals surface area contributed by atoms with Crippen LogP contribution in [0.5, 0.6) is 0 Å². The van der Waals surface area contributed by atoms with Gasteiger partial charge in [0, 0.05) is 114 Å². The highest BCUT2D eigenvalue weighted by Gasteiger charge is 2.31. The molecule has 0 fully saturated rings. The van der Waals surface area contributed by atoms with E-state index in [4.69, 9.17) is 13.3 Å². The molecule has 0 aliphatic rings. The van der Waals surface area contributed by atoms with E-state index in [1.165, 1.54) is 184 Å². The van der Waals surface area contributed by atoms with Crippen LogP contribution in [0.15, 0.2) is 444 Å². The van der Waals surface area contributed by atoms with Crippen LogP contribution < -0.4 is 0 Å². The third-order valence-corrected chi connectivity index (χ3v) is 26.8. The average molecular weight is 1600 g/mol. The molecule has 6 heteroatoms. The first-order chi connectivity index (χ1) is 62.6. The van der Waals surface area contributed by atoms with Gasteiger partial charge in [0.05, 0.1) is 33.1 Å². The molecule has 23 aromatic carbocycles. The topological polar surface area (TPSA) is 54.2 Å². The summed E-state index contributed by atoms with van der Waals surface area (Å²) in [5, 5.41) is 37.2. The number of rotatable bonds is 5. The van der Waals surface area contributed by atoms with Crippen molar-refractivity contribution < 1.29 is 13.3 Å². The van der Waals surface area contributed by atoms with Crippen molar-refractivity contribution in [3.63, 3.8) is 0 Å². The molecular weight excluding hydrogens is 1530 g/mol. The second-order valence-electron chi connectivity index (χ2n) is 33.3. The van der Waals surface area contributed by atoms with Crippen molar-refractivity contribution in [2.75, 3.05) is 0 Å². The summed E-state index contributed by atoms with van der Waals surface area (Å²) in [5.41, 5.74) is 20.5. The van der Waals surface area contributed by atoms with E-state index in [0.29, 0.717) is 0 Å². The molecule has 0 radical (unpaired) electrons. The van der Waals surface area contributed by atoms with Crippen molar-refractivity contribution >= 4 is 228 Å². The monoisotopic (exact) mass is 1600 g/mol. The smallest absolute Gasteiger partial charge is 0.160 e. The predicted molar refractivity (Wildman–Crippen MR) is 533 cm³/mol. The van der Waals surface area contributed by atoms with Gasteiger partial charge in [0.15, 0.2) is 16.7 Å². The van der Waals surface area contributed by atoms with Gasteiger partial charge in [-0.2, -0.15) is 0 Å². The molecule has 126 heavy (non-hydrogen) atoms. The minimum Gasteiger partial charge on any atom is -0.454 e. The molecule has 0 atom stereocenters. The zero-order valence-corrected chi connectivity index (χ0v) is 68.1. The summed E-state index contributed by atoms with van der Waals surface area (Å²) in [6, 6.07) is 155. The van der Waals surface area contributed by atoms with Crippen molar-refractivity contribution in [3.05, 3.63) is 431 Å². The maximum absolute atomic E-state index is 6.92. The number of aromatic nitrogens is 3. The molecule has 6 nitrogen and oxygen atoms in total. The van der Waals surface area contributed by atoms with Crippen molar-refractivity contribution in [2.45, 2.75) is 0 Å². The second-order valence-corrected chi connectivity index (χ2v) is 33.3. The minimum absolute atomic E-state index is 0.906. The third-order valence-electron chi connectivity index (χ3n) is 26.8. The summed E-state index contributed by atoms with van der Waals surface area (Å²) in [5.74, 6) is 0. The molecule has 0 aliphatic heterocycles. The number of furan rings is 3. The van der Waals surface area contributed by atoms with E-state index < -0.39 is 0 Å². The first kappa shape index (κ1) is 69.9. The van der Waals surface area contributed by atoms with Gasteiger partial charge in [0.1, 0.15) is 16.7 Å². The maximum Gasteiger partial charge on any atom is 0.160 e. The van der Waals surface area contributed by atoms with Crippen LogP contribution in [0.4, 0.5) is 0 Å². The zero-order valence-electron chi connectivity index (χ0n) is 68.1. The van der Waals surface area contributed by atoms with Gasteiger partial charge in [-0.3, -0.25) is 0 Å². The number of hydrogen-bond donors (Lipinski definition) is 0. The van der Waals surface area contributed by atoms with E-state index in [0.717, 1.165) is 83.3 Å². The van der Waals surface area contributed by atoms with Gasteiger partial charge in [0.25, 0.3) is 0 Å². The van der Waals surface area contributed by atoms with Gasteiger partial charge in [-0.25, -0.2) is 0 Å². The molecule has 29 rings (SSSR count). The quantitative estimate of drug-likeness (QED) is 0.161. The van der Waals surface area contributed by atoms with Crippen LogP contribution in [-0.4, -0.2) is 13.7 Å². The SMILES string of the molecule is c1ccc(-c2ccc(-n3c4ccccc4c4c5c6ccccc6c6ccccc6c5c5c6ccccc6oc5c43)cc2)cc1.c1ccc(-c2cccc(-n3c4ccccc4c4c5c6ccccc6c6ccccc6c5c5c6ccccc6oc5c43)c2)cc1.c1ccc(-n2c3ccccc3c3c4c5ccccc5c5ccccc5c4c4c5ccccc5oc4c32)cc1. The molecule has 6 aromatic heterocycles. The maximum atomic E-state index is 6.92.